The molecule has 21 heavy (non-hydrogen) atoms. The number of fused-ring (bicyclic) bond motifs is 1. The van der Waals surface area contributed by atoms with Gasteiger partial charge >= 0.3 is 5.97 Å². The van der Waals surface area contributed by atoms with E-state index in [0.29, 0.717) is 11.1 Å². The Morgan fingerprint density at radius 3 is 2.14 bits per heavy atom. The third-order valence-electron chi connectivity index (χ3n) is 3.19. The topological polar surface area (TPSA) is 76.6 Å². The van der Waals surface area contributed by atoms with Crippen LogP contribution < -0.4 is 4.90 Å². The molecule has 0 atom stereocenters. The molecule has 0 N–H and O–H groups in total. The third kappa shape index (κ3) is 1.97. The first-order valence-corrected chi connectivity index (χ1v) is 6.15. The Morgan fingerprint density at radius 2 is 1.67 bits per heavy atom. The van der Waals surface area contributed by atoms with E-state index >= 15 is 0 Å². The Balaban J connectivity index is 1.97. The molecule has 2 amide bonds. The van der Waals surface area contributed by atoms with Crippen LogP contribution in [0.4, 0.5) is 5.82 Å². The van der Waals surface area contributed by atoms with E-state index < -0.39 is 17.8 Å². The van der Waals surface area contributed by atoms with Gasteiger partial charge < -0.3 is 4.74 Å². The van der Waals surface area contributed by atoms with Crippen LogP contribution in [-0.2, 0) is 4.74 Å². The van der Waals surface area contributed by atoms with Crippen molar-refractivity contribution >= 4 is 23.6 Å². The number of carbonyl (C=O) groups excluding carboxylic acids is 3. The number of amides is 2. The lowest BCUT2D eigenvalue weighted by Gasteiger charge is -2.12. The van der Waals surface area contributed by atoms with Crippen molar-refractivity contribution in [3.05, 3.63) is 59.3 Å². The first-order chi connectivity index (χ1) is 10.1. The van der Waals surface area contributed by atoms with E-state index in [1.165, 1.54) is 25.4 Å². The summed E-state index contributed by atoms with van der Waals surface area (Å²) in [5, 5.41) is 0. The molecule has 0 saturated heterocycles. The van der Waals surface area contributed by atoms with Crippen molar-refractivity contribution in [2.24, 2.45) is 0 Å². The van der Waals surface area contributed by atoms with Crippen molar-refractivity contribution in [3.63, 3.8) is 0 Å². The summed E-state index contributed by atoms with van der Waals surface area (Å²) in [6, 6.07) is 9.48. The van der Waals surface area contributed by atoms with Crippen LogP contribution in [0.15, 0.2) is 42.6 Å². The maximum absolute atomic E-state index is 12.3. The first kappa shape index (κ1) is 13.0. The molecule has 1 aromatic heterocycles. The van der Waals surface area contributed by atoms with Crippen molar-refractivity contribution in [2.75, 3.05) is 12.0 Å². The maximum atomic E-state index is 12.3. The highest BCUT2D eigenvalue weighted by Crippen LogP contribution is 2.26. The lowest BCUT2D eigenvalue weighted by Crippen LogP contribution is -2.30. The summed E-state index contributed by atoms with van der Waals surface area (Å²) in [5.74, 6) is -1.20. The Morgan fingerprint density at radius 1 is 1.05 bits per heavy atom. The van der Waals surface area contributed by atoms with Gasteiger partial charge in [0.2, 0.25) is 0 Å². The second-order valence-corrected chi connectivity index (χ2v) is 4.39. The number of ether oxygens (including phenoxy) is 1. The monoisotopic (exact) mass is 282 g/mol. The number of methoxy groups -OCH3 is 1. The molecule has 1 aliphatic heterocycles. The van der Waals surface area contributed by atoms with Crippen LogP contribution in [0.5, 0.6) is 0 Å². The van der Waals surface area contributed by atoms with Gasteiger partial charge in [0.25, 0.3) is 11.8 Å². The summed E-state index contributed by atoms with van der Waals surface area (Å²) < 4.78 is 4.57. The van der Waals surface area contributed by atoms with Crippen LogP contribution in [0.25, 0.3) is 0 Å². The minimum Gasteiger partial charge on any atom is -0.465 e. The molecule has 2 heterocycles. The van der Waals surface area contributed by atoms with Gasteiger partial charge in [-0.25, -0.2) is 14.7 Å². The van der Waals surface area contributed by atoms with Crippen molar-refractivity contribution in [1.82, 2.24) is 4.98 Å². The fourth-order valence-corrected chi connectivity index (χ4v) is 2.15. The summed E-state index contributed by atoms with van der Waals surface area (Å²) in [6.07, 6.45) is 1.27. The van der Waals surface area contributed by atoms with Gasteiger partial charge in [0, 0.05) is 6.20 Å². The van der Waals surface area contributed by atoms with Crippen LogP contribution in [0.1, 0.15) is 31.1 Å². The zero-order valence-electron chi connectivity index (χ0n) is 11.1. The molecule has 104 valence electrons. The quantitative estimate of drug-likeness (QED) is 0.618. The summed E-state index contributed by atoms with van der Waals surface area (Å²) in [6.45, 7) is 0. The number of esters is 1. The number of imide groups is 1. The molecule has 2 aromatic rings. The molecule has 0 radical (unpaired) electrons. The van der Waals surface area contributed by atoms with E-state index in [9.17, 15) is 14.4 Å². The van der Waals surface area contributed by atoms with E-state index in [4.69, 9.17) is 0 Å². The number of rotatable bonds is 2. The van der Waals surface area contributed by atoms with Crippen molar-refractivity contribution in [3.8, 4) is 0 Å². The van der Waals surface area contributed by atoms with Crippen molar-refractivity contribution < 1.29 is 19.1 Å². The van der Waals surface area contributed by atoms with Crippen molar-refractivity contribution in [2.45, 2.75) is 0 Å². The van der Waals surface area contributed by atoms with Gasteiger partial charge in [0.15, 0.2) is 0 Å². The fraction of sp³-hybridized carbons (Fsp3) is 0.0667. The molecular weight excluding hydrogens is 272 g/mol. The highest BCUT2D eigenvalue weighted by Gasteiger charge is 2.37. The first-order valence-electron chi connectivity index (χ1n) is 6.15. The second kappa shape index (κ2) is 4.82. The lowest BCUT2D eigenvalue weighted by atomic mass is 10.1. The SMILES string of the molecule is COC(=O)c1ccc(N2C(=O)c3ccccc3C2=O)nc1. The van der Waals surface area contributed by atoms with Gasteiger partial charge in [-0.1, -0.05) is 12.1 Å². The highest BCUT2D eigenvalue weighted by atomic mass is 16.5. The predicted molar refractivity (Wildman–Crippen MR) is 73.2 cm³/mol. The fourth-order valence-electron chi connectivity index (χ4n) is 2.15. The average Bonchev–Trinajstić information content (AvgIpc) is 2.79. The molecule has 1 aromatic carbocycles. The normalized spacial score (nSPS) is 13.3. The molecule has 0 aliphatic carbocycles. The number of carbonyl (C=O) groups is 3. The number of benzene rings is 1. The molecule has 0 fully saturated rings. The van der Waals surface area contributed by atoms with E-state index in [0.717, 1.165) is 4.90 Å². The number of nitrogens with zero attached hydrogens (tertiary/aromatic N) is 2. The zero-order chi connectivity index (χ0) is 15.0. The Kier molecular flexibility index (Phi) is 2.98. The molecule has 1 aliphatic rings. The van der Waals surface area contributed by atoms with Gasteiger partial charge in [-0.15, -0.1) is 0 Å². The number of hydrogen-bond acceptors (Lipinski definition) is 5. The van der Waals surface area contributed by atoms with Gasteiger partial charge in [-0.3, -0.25) is 9.59 Å². The van der Waals surface area contributed by atoms with Gasteiger partial charge in [-0.05, 0) is 24.3 Å². The molecule has 3 rings (SSSR count). The van der Waals surface area contributed by atoms with Crippen LogP contribution >= 0.6 is 0 Å². The number of pyridine rings is 1. The van der Waals surface area contributed by atoms with Crippen LogP contribution in [0.3, 0.4) is 0 Å². The standard InChI is InChI=1S/C15H10N2O4/c1-21-15(20)9-6-7-12(16-8-9)17-13(18)10-4-2-3-5-11(10)14(17)19/h2-8H,1H3. The van der Waals surface area contributed by atoms with E-state index in [1.54, 1.807) is 24.3 Å². The summed E-state index contributed by atoms with van der Waals surface area (Å²) in [5.41, 5.74) is 0.945. The van der Waals surface area contributed by atoms with E-state index in [1.807, 2.05) is 0 Å². The minimum absolute atomic E-state index is 0.175. The molecule has 6 heteroatoms. The highest BCUT2D eigenvalue weighted by molar-refractivity contribution is 6.34. The predicted octanol–water partition coefficient (Wildman–Crippen LogP) is 1.67. The summed E-state index contributed by atoms with van der Waals surface area (Å²) in [4.78, 5) is 40.8. The molecule has 0 spiro atoms. The number of aromatic nitrogens is 1. The smallest absolute Gasteiger partial charge is 0.339 e. The molecular formula is C15H10N2O4. The average molecular weight is 282 g/mol. The molecule has 6 nitrogen and oxygen atoms in total. The third-order valence-corrected chi connectivity index (χ3v) is 3.19. The van der Waals surface area contributed by atoms with Gasteiger partial charge in [0.1, 0.15) is 5.82 Å². The number of hydrogen-bond donors (Lipinski definition) is 0. The number of anilines is 1. The van der Waals surface area contributed by atoms with E-state index in [-0.39, 0.29) is 11.4 Å². The van der Waals surface area contributed by atoms with Gasteiger partial charge in [-0.2, -0.15) is 0 Å². The Labute approximate surface area is 120 Å². The van der Waals surface area contributed by atoms with E-state index in [2.05, 4.69) is 9.72 Å². The van der Waals surface area contributed by atoms with Crippen LogP contribution in [0.2, 0.25) is 0 Å². The summed E-state index contributed by atoms with van der Waals surface area (Å²) >= 11 is 0. The molecule has 0 saturated carbocycles. The molecule has 0 unspecified atom stereocenters. The van der Waals surface area contributed by atoms with Crippen LogP contribution in [-0.4, -0.2) is 29.9 Å². The zero-order valence-corrected chi connectivity index (χ0v) is 11.1. The van der Waals surface area contributed by atoms with Crippen molar-refractivity contribution in [1.29, 1.82) is 0 Å². The largest absolute Gasteiger partial charge is 0.465 e. The van der Waals surface area contributed by atoms with Gasteiger partial charge in [0.05, 0.1) is 23.8 Å². The Hall–Kier alpha value is -3.02. The summed E-state index contributed by atoms with van der Waals surface area (Å²) in [7, 11) is 1.26. The second-order valence-electron chi connectivity index (χ2n) is 4.39. The molecule has 0 bridgehead atoms. The minimum atomic E-state index is -0.531. The Bertz CT molecular complexity index is 718. The maximum Gasteiger partial charge on any atom is 0.339 e. The lowest BCUT2D eigenvalue weighted by molar-refractivity contribution is 0.0600. The van der Waals surface area contributed by atoms with Crippen LogP contribution in [0, 0.1) is 0 Å².